The lowest BCUT2D eigenvalue weighted by Crippen LogP contribution is -2.46. The molecule has 6 nitrogen and oxygen atoms in total. The van der Waals surface area contributed by atoms with Gasteiger partial charge in [0.1, 0.15) is 0 Å². The Bertz CT molecular complexity index is 1170. The Morgan fingerprint density at radius 2 is 0.583 bits per heavy atom. The van der Waals surface area contributed by atoms with Crippen LogP contribution in [0.3, 0.4) is 0 Å². The average Bonchev–Trinajstić information content (AvgIpc) is 3.09. The minimum atomic E-state index is 0.0509. The first-order chi connectivity index (χ1) is 23.0. The highest BCUT2D eigenvalue weighted by Gasteiger charge is 2.28. The first-order valence-electron chi connectivity index (χ1n) is 19.4. The van der Waals surface area contributed by atoms with Crippen LogP contribution in [0.5, 0.6) is 0 Å². The molecular formula is C42H66N2O4. The van der Waals surface area contributed by atoms with Crippen LogP contribution in [0, 0.1) is 0 Å². The van der Waals surface area contributed by atoms with Gasteiger partial charge in [-0.2, -0.15) is 0 Å². The molecule has 2 aliphatic carbocycles. The molecule has 1 fully saturated rings. The Morgan fingerprint density at radius 3 is 0.896 bits per heavy atom. The molecule has 0 bridgehead atoms. The summed E-state index contributed by atoms with van der Waals surface area (Å²) in [5, 5.41) is 0. The fourth-order valence-electron chi connectivity index (χ4n) is 7.55. The summed E-state index contributed by atoms with van der Waals surface area (Å²) >= 11 is 0. The smallest absolute Gasteiger partial charge is 0.185 e. The Labute approximate surface area is 292 Å². The number of nitrogens with zero attached hydrogens (tertiary/aromatic N) is 2. The van der Waals surface area contributed by atoms with E-state index in [1.54, 1.807) is 27.7 Å². The maximum Gasteiger partial charge on any atom is 0.185 e. The van der Waals surface area contributed by atoms with Gasteiger partial charge in [-0.05, 0) is 93.2 Å². The molecule has 0 aromatic carbocycles. The molecule has 1 saturated heterocycles. The van der Waals surface area contributed by atoms with Gasteiger partial charge in [-0.3, -0.25) is 19.2 Å². The Hall–Kier alpha value is -2.44. The number of hydrogen-bond acceptors (Lipinski definition) is 6. The summed E-state index contributed by atoms with van der Waals surface area (Å²) in [6, 6.07) is 0. The zero-order chi connectivity index (χ0) is 35.1. The quantitative estimate of drug-likeness (QED) is 0.0850. The zero-order valence-electron chi connectivity index (χ0n) is 31.5. The van der Waals surface area contributed by atoms with E-state index in [1.807, 2.05) is 13.8 Å². The van der Waals surface area contributed by atoms with Gasteiger partial charge in [-0.1, -0.05) is 77.0 Å². The van der Waals surface area contributed by atoms with Crippen molar-refractivity contribution in [1.82, 2.24) is 9.80 Å². The van der Waals surface area contributed by atoms with Crippen molar-refractivity contribution in [1.29, 1.82) is 0 Å². The van der Waals surface area contributed by atoms with Crippen LogP contribution in [0.25, 0.3) is 0 Å². The molecule has 0 amide bonds. The van der Waals surface area contributed by atoms with Crippen LogP contribution in [0.4, 0.5) is 0 Å². The molecule has 1 aliphatic heterocycles. The third kappa shape index (κ3) is 11.9. The van der Waals surface area contributed by atoms with Gasteiger partial charge in [0, 0.05) is 70.8 Å². The number of allylic oxidation sites excluding steroid dienone is 8. The highest BCUT2D eigenvalue weighted by atomic mass is 16.1. The second kappa shape index (κ2) is 20.9. The maximum absolute atomic E-state index is 12.6. The minimum Gasteiger partial charge on any atom is -0.301 e. The van der Waals surface area contributed by atoms with Crippen LogP contribution in [0.2, 0.25) is 0 Å². The number of ketones is 4. The SMILES string of the molecule is CC1=C(C)C(=O)C(CCCCCCCCCCN2CCN(CCCCCCCCCCC3=C(C)C(=O)C(C)=C(C)C3=O)CC2)=C(C)C1=O. The number of Topliss-reactive ketones (excluding diaryl/α,β-unsaturated/α-hetero) is 4. The van der Waals surface area contributed by atoms with E-state index in [0.717, 1.165) is 49.7 Å². The molecule has 0 atom stereocenters. The highest BCUT2D eigenvalue weighted by Crippen LogP contribution is 2.29. The molecule has 0 unspecified atom stereocenters. The van der Waals surface area contributed by atoms with Crippen LogP contribution < -0.4 is 0 Å². The van der Waals surface area contributed by atoms with E-state index in [0.29, 0.717) is 33.4 Å². The summed E-state index contributed by atoms with van der Waals surface area (Å²) in [6.07, 6.45) is 21.2. The predicted molar refractivity (Wildman–Crippen MR) is 198 cm³/mol. The predicted octanol–water partition coefficient (Wildman–Crippen LogP) is 9.24. The lowest BCUT2D eigenvalue weighted by atomic mass is 9.84. The van der Waals surface area contributed by atoms with Gasteiger partial charge in [-0.15, -0.1) is 0 Å². The van der Waals surface area contributed by atoms with Crippen molar-refractivity contribution in [2.45, 2.75) is 157 Å². The molecule has 3 rings (SSSR count). The largest absolute Gasteiger partial charge is 0.301 e. The summed E-state index contributed by atoms with van der Waals surface area (Å²) in [5.41, 5.74) is 5.34. The van der Waals surface area contributed by atoms with E-state index in [9.17, 15) is 19.2 Å². The summed E-state index contributed by atoms with van der Waals surface area (Å²) < 4.78 is 0. The van der Waals surface area contributed by atoms with Crippen molar-refractivity contribution in [2.75, 3.05) is 39.3 Å². The first kappa shape index (κ1) is 40.0. The number of carbonyl (C=O) groups is 4. The monoisotopic (exact) mass is 663 g/mol. The molecule has 0 aromatic rings. The minimum absolute atomic E-state index is 0.0509. The fourth-order valence-corrected chi connectivity index (χ4v) is 7.55. The number of piperazine rings is 1. The fraction of sp³-hybridized carbons (Fsp3) is 0.714. The van der Waals surface area contributed by atoms with Crippen LogP contribution in [0.1, 0.15) is 157 Å². The third-order valence-corrected chi connectivity index (χ3v) is 11.4. The van der Waals surface area contributed by atoms with Crippen LogP contribution in [0.15, 0.2) is 44.6 Å². The number of rotatable bonds is 22. The number of unbranched alkanes of at least 4 members (excludes halogenated alkanes) is 14. The van der Waals surface area contributed by atoms with Crippen LogP contribution in [-0.2, 0) is 19.2 Å². The van der Waals surface area contributed by atoms with Gasteiger partial charge in [0.15, 0.2) is 23.1 Å². The summed E-state index contributed by atoms with van der Waals surface area (Å²) in [5.74, 6) is 0.270. The standard InChI is InChI=1S/C42H66N2O4/c1-31-33(3)41(47)37(35(5)39(31)45)23-19-15-11-7-9-13-17-21-25-43-27-29-44(30-28-43)26-22-18-14-10-8-12-16-20-24-38-36(6)40(46)32(2)34(4)42(38)48/h7-30H2,1-6H3. The first-order valence-corrected chi connectivity index (χ1v) is 19.4. The molecule has 0 spiro atoms. The molecule has 0 radical (unpaired) electrons. The number of carbonyl (C=O) groups excluding carboxylic acids is 4. The lowest BCUT2D eigenvalue weighted by Gasteiger charge is -2.34. The summed E-state index contributed by atoms with van der Waals surface area (Å²) in [7, 11) is 0. The van der Waals surface area contributed by atoms with Gasteiger partial charge < -0.3 is 9.80 Å². The van der Waals surface area contributed by atoms with Crippen molar-refractivity contribution in [2.24, 2.45) is 0 Å². The third-order valence-electron chi connectivity index (χ3n) is 11.4. The zero-order valence-corrected chi connectivity index (χ0v) is 31.5. The van der Waals surface area contributed by atoms with Crippen LogP contribution >= 0.6 is 0 Å². The lowest BCUT2D eigenvalue weighted by molar-refractivity contribution is -0.116. The molecule has 0 N–H and O–H groups in total. The van der Waals surface area contributed by atoms with E-state index in [1.165, 1.54) is 116 Å². The van der Waals surface area contributed by atoms with Crippen molar-refractivity contribution in [3.05, 3.63) is 44.6 Å². The second-order valence-corrected chi connectivity index (χ2v) is 14.9. The normalized spacial score (nSPS) is 18.8. The van der Waals surface area contributed by atoms with Gasteiger partial charge in [0.2, 0.25) is 0 Å². The molecule has 3 aliphatic rings. The van der Waals surface area contributed by atoms with Gasteiger partial charge >= 0.3 is 0 Å². The molecule has 48 heavy (non-hydrogen) atoms. The Balaban J connectivity index is 1.08. The number of hydrogen-bond donors (Lipinski definition) is 0. The molecule has 0 aromatic heterocycles. The van der Waals surface area contributed by atoms with E-state index in [4.69, 9.17) is 0 Å². The van der Waals surface area contributed by atoms with Gasteiger partial charge in [0.25, 0.3) is 0 Å². The van der Waals surface area contributed by atoms with Crippen LogP contribution in [-0.4, -0.2) is 72.2 Å². The molecular weight excluding hydrogens is 596 g/mol. The Kier molecular flexibility index (Phi) is 17.4. The second-order valence-electron chi connectivity index (χ2n) is 14.9. The van der Waals surface area contributed by atoms with E-state index >= 15 is 0 Å². The van der Waals surface area contributed by atoms with E-state index in [-0.39, 0.29) is 23.1 Å². The van der Waals surface area contributed by atoms with Crippen molar-refractivity contribution < 1.29 is 19.2 Å². The molecule has 6 heteroatoms. The maximum atomic E-state index is 12.6. The van der Waals surface area contributed by atoms with E-state index in [2.05, 4.69) is 9.80 Å². The van der Waals surface area contributed by atoms with Gasteiger partial charge in [0.05, 0.1) is 0 Å². The average molecular weight is 663 g/mol. The summed E-state index contributed by atoms with van der Waals surface area (Å²) in [6.45, 7) is 18.1. The molecule has 1 heterocycles. The molecule has 0 saturated carbocycles. The highest BCUT2D eigenvalue weighted by molar-refractivity contribution is 6.25. The Morgan fingerprint density at radius 1 is 0.333 bits per heavy atom. The topological polar surface area (TPSA) is 74.8 Å². The van der Waals surface area contributed by atoms with Gasteiger partial charge in [-0.25, -0.2) is 0 Å². The van der Waals surface area contributed by atoms with Crippen molar-refractivity contribution in [3.63, 3.8) is 0 Å². The molecule has 268 valence electrons. The van der Waals surface area contributed by atoms with Crippen molar-refractivity contribution in [3.8, 4) is 0 Å². The summed E-state index contributed by atoms with van der Waals surface area (Å²) in [4.78, 5) is 55.1. The van der Waals surface area contributed by atoms with Crippen molar-refractivity contribution >= 4 is 23.1 Å². The van der Waals surface area contributed by atoms with E-state index < -0.39 is 0 Å².